The van der Waals surface area contributed by atoms with E-state index in [-0.39, 0.29) is 18.8 Å². The van der Waals surface area contributed by atoms with Gasteiger partial charge in [0, 0.05) is 26.0 Å². The topological polar surface area (TPSA) is 49.8 Å². The standard InChI is InChI=1S/C15H18F3NO3.C6H6/c1-10(11-2-4-12(5-3-11)15(16,17)18)19-8-6-13(7-9-20)22-14(19)21;1-2-4-6-5-3-1/h2-5,10,13,20H,6-9H2,1H3;1-6H. The monoisotopic (exact) mass is 395 g/mol. The lowest BCUT2D eigenvalue weighted by Crippen LogP contribution is -2.43. The molecule has 2 aromatic carbocycles. The summed E-state index contributed by atoms with van der Waals surface area (Å²) in [5.74, 6) is 0. The van der Waals surface area contributed by atoms with Crippen molar-refractivity contribution in [3.05, 3.63) is 71.8 Å². The maximum Gasteiger partial charge on any atom is 0.416 e. The second-order valence-electron chi connectivity index (χ2n) is 6.45. The van der Waals surface area contributed by atoms with Crippen LogP contribution in [-0.4, -0.2) is 35.4 Å². The van der Waals surface area contributed by atoms with Gasteiger partial charge in [0.15, 0.2) is 0 Å². The van der Waals surface area contributed by atoms with Gasteiger partial charge in [-0.25, -0.2) is 4.79 Å². The molecule has 1 amide bonds. The molecule has 2 aromatic rings. The van der Waals surface area contributed by atoms with Crippen LogP contribution in [0.3, 0.4) is 0 Å². The highest BCUT2D eigenvalue weighted by Crippen LogP contribution is 2.31. The molecular formula is C21H24F3NO3. The van der Waals surface area contributed by atoms with Crippen LogP contribution in [0.25, 0.3) is 0 Å². The minimum Gasteiger partial charge on any atom is -0.446 e. The summed E-state index contributed by atoms with van der Waals surface area (Å²) in [6.07, 6.45) is -4.18. The fourth-order valence-corrected chi connectivity index (χ4v) is 2.86. The van der Waals surface area contributed by atoms with Crippen molar-refractivity contribution in [2.75, 3.05) is 13.2 Å². The largest absolute Gasteiger partial charge is 0.446 e. The minimum atomic E-state index is -4.37. The number of halogens is 3. The van der Waals surface area contributed by atoms with Crippen LogP contribution in [-0.2, 0) is 10.9 Å². The van der Waals surface area contributed by atoms with E-state index in [1.54, 1.807) is 6.92 Å². The number of benzene rings is 2. The number of alkyl halides is 3. The number of hydrogen-bond acceptors (Lipinski definition) is 3. The van der Waals surface area contributed by atoms with Gasteiger partial charge in [-0.3, -0.25) is 0 Å². The highest BCUT2D eigenvalue weighted by Gasteiger charge is 2.32. The molecule has 1 N–H and O–H groups in total. The lowest BCUT2D eigenvalue weighted by atomic mass is 10.0. The molecule has 0 saturated carbocycles. The molecule has 152 valence electrons. The SMILES string of the molecule is CC(c1ccc(C(F)(F)F)cc1)N1CCC(CCO)OC1=O.c1ccccc1. The zero-order chi connectivity index (χ0) is 20.6. The number of rotatable bonds is 4. The van der Waals surface area contributed by atoms with Crippen LogP contribution in [0, 0.1) is 0 Å². The summed E-state index contributed by atoms with van der Waals surface area (Å²) in [5, 5.41) is 8.85. The number of aliphatic hydroxyl groups is 1. The third-order valence-electron chi connectivity index (χ3n) is 4.50. The highest BCUT2D eigenvalue weighted by atomic mass is 19.4. The van der Waals surface area contributed by atoms with E-state index in [2.05, 4.69) is 0 Å². The Bertz CT molecular complexity index is 693. The molecule has 1 aliphatic heterocycles. The fraction of sp³-hybridized carbons (Fsp3) is 0.381. The van der Waals surface area contributed by atoms with Crippen molar-refractivity contribution >= 4 is 6.09 Å². The summed E-state index contributed by atoms with van der Waals surface area (Å²) >= 11 is 0. The van der Waals surface area contributed by atoms with Gasteiger partial charge in [-0.15, -0.1) is 0 Å². The van der Waals surface area contributed by atoms with Crippen molar-refractivity contribution < 1.29 is 27.8 Å². The van der Waals surface area contributed by atoms with Crippen LogP contribution in [0.15, 0.2) is 60.7 Å². The van der Waals surface area contributed by atoms with Gasteiger partial charge >= 0.3 is 12.3 Å². The number of hydrogen-bond donors (Lipinski definition) is 1. The number of carbonyl (C=O) groups is 1. The third-order valence-corrected chi connectivity index (χ3v) is 4.50. The highest BCUT2D eigenvalue weighted by molar-refractivity contribution is 5.69. The van der Waals surface area contributed by atoms with Crippen LogP contribution >= 0.6 is 0 Å². The van der Waals surface area contributed by atoms with E-state index >= 15 is 0 Å². The maximum atomic E-state index is 12.5. The molecule has 1 fully saturated rings. The Balaban J connectivity index is 0.000000397. The van der Waals surface area contributed by atoms with Gasteiger partial charge in [0.1, 0.15) is 6.10 Å². The molecule has 1 aliphatic rings. The second-order valence-corrected chi connectivity index (χ2v) is 6.45. The number of nitrogens with zero attached hydrogens (tertiary/aromatic N) is 1. The first-order chi connectivity index (χ1) is 13.3. The molecule has 1 saturated heterocycles. The Kier molecular flexibility index (Phi) is 7.87. The minimum absolute atomic E-state index is 0.0492. The smallest absolute Gasteiger partial charge is 0.416 e. The van der Waals surface area contributed by atoms with Crippen LogP contribution < -0.4 is 0 Å². The Labute approximate surface area is 162 Å². The maximum absolute atomic E-state index is 12.5. The van der Waals surface area contributed by atoms with Crippen molar-refractivity contribution in [3.8, 4) is 0 Å². The van der Waals surface area contributed by atoms with Gasteiger partial charge in [-0.2, -0.15) is 13.2 Å². The predicted octanol–water partition coefficient (Wildman–Crippen LogP) is 5.05. The summed E-state index contributed by atoms with van der Waals surface area (Å²) in [6.45, 7) is 2.15. The van der Waals surface area contributed by atoms with Crippen molar-refractivity contribution in [1.82, 2.24) is 4.90 Å². The molecule has 0 radical (unpaired) electrons. The molecule has 2 atom stereocenters. The normalized spacial score (nSPS) is 18.0. The first-order valence-corrected chi connectivity index (χ1v) is 9.08. The van der Waals surface area contributed by atoms with Gasteiger partial charge in [0.25, 0.3) is 0 Å². The van der Waals surface area contributed by atoms with E-state index < -0.39 is 17.8 Å². The van der Waals surface area contributed by atoms with E-state index in [1.165, 1.54) is 17.0 Å². The van der Waals surface area contributed by atoms with Gasteiger partial charge in [0.2, 0.25) is 0 Å². The first kappa shape index (κ1) is 21.8. The van der Waals surface area contributed by atoms with Crippen molar-refractivity contribution in [1.29, 1.82) is 0 Å². The average molecular weight is 395 g/mol. The van der Waals surface area contributed by atoms with Crippen molar-refractivity contribution in [2.24, 2.45) is 0 Å². The summed E-state index contributed by atoms with van der Waals surface area (Å²) in [6, 6.07) is 16.4. The van der Waals surface area contributed by atoms with Crippen molar-refractivity contribution in [3.63, 3.8) is 0 Å². The summed E-state index contributed by atoms with van der Waals surface area (Å²) in [5.41, 5.74) is -0.0989. The van der Waals surface area contributed by atoms with Crippen LogP contribution in [0.1, 0.15) is 36.9 Å². The summed E-state index contributed by atoms with van der Waals surface area (Å²) in [7, 11) is 0. The molecule has 7 heteroatoms. The quantitative estimate of drug-likeness (QED) is 0.789. The number of amides is 1. The summed E-state index contributed by atoms with van der Waals surface area (Å²) in [4.78, 5) is 13.4. The molecule has 28 heavy (non-hydrogen) atoms. The fourth-order valence-electron chi connectivity index (χ4n) is 2.86. The van der Waals surface area contributed by atoms with E-state index in [1.807, 2.05) is 36.4 Å². The van der Waals surface area contributed by atoms with E-state index in [4.69, 9.17) is 9.84 Å². The van der Waals surface area contributed by atoms with E-state index in [0.717, 1.165) is 12.1 Å². The Morgan fingerprint density at radius 3 is 2.07 bits per heavy atom. The van der Waals surface area contributed by atoms with Gasteiger partial charge in [-0.05, 0) is 24.6 Å². The molecule has 3 rings (SSSR count). The number of cyclic esters (lactones) is 1. The zero-order valence-corrected chi connectivity index (χ0v) is 15.6. The lowest BCUT2D eigenvalue weighted by molar-refractivity contribution is -0.137. The van der Waals surface area contributed by atoms with E-state index in [9.17, 15) is 18.0 Å². The van der Waals surface area contributed by atoms with Gasteiger partial charge < -0.3 is 14.7 Å². The molecule has 0 aromatic heterocycles. The van der Waals surface area contributed by atoms with Gasteiger partial charge in [0.05, 0.1) is 11.6 Å². The van der Waals surface area contributed by atoms with Crippen LogP contribution in [0.5, 0.6) is 0 Å². The number of ether oxygens (including phenoxy) is 1. The molecule has 0 aliphatic carbocycles. The Morgan fingerprint density at radius 1 is 1.11 bits per heavy atom. The van der Waals surface area contributed by atoms with Crippen LogP contribution in [0.2, 0.25) is 0 Å². The second kappa shape index (κ2) is 10.1. The first-order valence-electron chi connectivity index (χ1n) is 9.08. The molecule has 4 nitrogen and oxygen atoms in total. The third kappa shape index (κ3) is 6.27. The predicted molar refractivity (Wildman–Crippen MR) is 99.6 cm³/mol. The van der Waals surface area contributed by atoms with Crippen LogP contribution in [0.4, 0.5) is 18.0 Å². The van der Waals surface area contributed by atoms with Crippen molar-refractivity contribution in [2.45, 2.75) is 38.1 Å². The molecule has 2 unspecified atom stereocenters. The number of carbonyl (C=O) groups excluding carboxylic acids is 1. The van der Waals surface area contributed by atoms with Gasteiger partial charge in [-0.1, -0.05) is 48.5 Å². The van der Waals surface area contributed by atoms with E-state index in [0.29, 0.717) is 24.9 Å². The summed E-state index contributed by atoms with van der Waals surface area (Å²) < 4.78 is 42.9. The molecule has 0 bridgehead atoms. The zero-order valence-electron chi connectivity index (χ0n) is 15.6. The Morgan fingerprint density at radius 2 is 1.64 bits per heavy atom. The number of aliphatic hydroxyl groups excluding tert-OH is 1. The lowest BCUT2D eigenvalue weighted by Gasteiger charge is -2.35. The Hall–Kier alpha value is -2.54. The molecular weight excluding hydrogens is 371 g/mol. The molecule has 1 heterocycles. The average Bonchev–Trinajstić information content (AvgIpc) is 2.69. The molecule has 0 spiro atoms.